The molecular weight excluding hydrogens is 262 g/mol. The summed E-state index contributed by atoms with van der Waals surface area (Å²) < 4.78 is 9.92. The number of carboxylic acid groups (broad SMARTS) is 1. The van der Waals surface area contributed by atoms with E-state index in [2.05, 4.69) is 0 Å². The van der Waals surface area contributed by atoms with Crippen LogP contribution < -0.4 is 4.74 Å². The summed E-state index contributed by atoms with van der Waals surface area (Å²) in [5.74, 6) is -0.568. The van der Waals surface area contributed by atoms with Gasteiger partial charge in [-0.25, -0.2) is 0 Å². The summed E-state index contributed by atoms with van der Waals surface area (Å²) in [6, 6.07) is 7.09. The summed E-state index contributed by atoms with van der Waals surface area (Å²) in [4.78, 5) is 24.1. The van der Waals surface area contributed by atoms with Gasteiger partial charge in [-0.2, -0.15) is 0 Å². The zero-order chi connectivity index (χ0) is 15.0. The third-order valence-corrected chi connectivity index (χ3v) is 2.76. The molecule has 1 amide bonds. The molecule has 0 saturated carbocycles. The van der Waals surface area contributed by atoms with Crippen LogP contribution in [0, 0.1) is 0 Å². The molecule has 0 unspecified atom stereocenters. The van der Waals surface area contributed by atoms with Crippen LogP contribution in [0.2, 0.25) is 0 Å². The van der Waals surface area contributed by atoms with Crippen molar-refractivity contribution in [3.8, 4) is 5.75 Å². The number of benzene rings is 1. The van der Waals surface area contributed by atoms with Crippen molar-refractivity contribution in [2.75, 3.05) is 33.9 Å². The Hall–Kier alpha value is -2.08. The molecule has 0 heterocycles. The molecule has 0 radical (unpaired) electrons. The molecule has 1 aromatic carbocycles. The Balaban J connectivity index is 2.65. The number of hydrogen-bond acceptors (Lipinski definition) is 4. The summed E-state index contributed by atoms with van der Waals surface area (Å²) in [7, 11) is 3.08. The van der Waals surface area contributed by atoms with E-state index >= 15 is 0 Å². The first kappa shape index (κ1) is 16.0. The molecule has 0 bridgehead atoms. The second-order valence-electron chi connectivity index (χ2n) is 4.23. The third-order valence-electron chi connectivity index (χ3n) is 2.76. The largest absolute Gasteiger partial charge is 0.497 e. The van der Waals surface area contributed by atoms with Gasteiger partial charge in [0, 0.05) is 13.7 Å². The van der Waals surface area contributed by atoms with Crippen molar-refractivity contribution in [3.63, 3.8) is 0 Å². The third kappa shape index (κ3) is 5.27. The lowest BCUT2D eigenvalue weighted by Crippen LogP contribution is -2.38. The molecule has 20 heavy (non-hydrogen) atoms. The maximum Gasteiger partial charge on any atom is 0.323 e. The lowest BCUT2D eigenvalue weighted by atomic mass is 10.1. The van der Waals surface area contributed by atoms with E-state index in [0.717, 1.165) is 5.56 Å². The quantitative estimate of drug-likeness (QED) is 0.762. The van der Waals surface area contributed by atoms with Gasteiger partial charge in [0.25, 0.3) is 0 Å². The van der Waals surface area contributed by atoms with E-state index < -0.39 is 5.97 Å². The molecule has 6 heteroatoms. The molecule has 1 aromatic rings. The molecule has 0 aliphatic carbocycles. The van der Waals surface area contributed by atoms with Crippen molar-refractivity contribution in [2.24, 2.45) is 0 Å². The number of carboxylic acids is 1. The standard InChI is InChI=1S/C14H19NO5/c1-19-8-7-15(10-14(17)18)13(16)9-11-3-5-12(20-2)6-4-11/h3-6H,7-10H2,1-2H3,(H,17,18). The summed E-state index contributed by atoms with van der Waals surface area (Å²) in [5, 5.41) is 8.82. The molecule has 0 aromatic heterocycles. The second-order valence-corrected chi connectivity index (χ2v) is 4.23. The fourth-order valence-electron chi connectivity index (χ4n) is 1.69. The zero-order valence-electron chi connectivity index (χ0n) is 11.7. The average Bonchev–Trinajstić information content (AvgIpc) is 2.43. The Bertz CT molecular complexity index is 443. The number of nitrogens with zero attached hydrogens (tertiary/aromatic N) is 1. The van der Waals surface area contributed by atoms with Crippen molar-refractivity contribution < 1.29 is 24.2 Å². The van der Waals surface area contributed by atoms with Crippen molar-refractivity contribution in [1.82, 2.24) is 4.90 Å². The maximum atomic E-state index is 12.1. The second kappa shape index (κ2) is 8.16. The number of rotatable bonds is 8. The zero-order valence-corrected chi connectivity index (χ0v) is 11.7. The molecule has 0 atom stereocenters. The Morgan fingerprint density at radius 2 is 1.85 bits per heavy atom. The van der Waals surface area contributed by atoms with E-state index in [0.29, 0.717) is 12.4 Å². The molecule has 0 fully saturated rings. The molecule has 0 aliphatic heterocycles. The lowest BCUT2D eigenvalue weighted by molar-refractivity contribution is -0.144. The lowest BCUT2D eigenvalue weighted by Gasteiger charge is -2.20. The van der Waals surface area contributed by atoms with Crippen LogP contribution in [-0.4, -0.2) is 55.8 Å². The fraction of sp³-hybridized carbons (Fsp3) is 0.429. The van der Waals surface area contributed by atoms with Gasteiger partial charge in [0.05, 0.1) is 20.1 Å². The Kier molecular flexibility index (Phi) is 6.52. The van der Waals surface area contributed by atoms with Crippen molar-refractivity contribution in [2.45, 2.75) is 6.42 Å². The number of carbonyl (C=O) groups excluding carboxylic acids is 1. The van der Waals surface area contributed by atoms with Gasteiger partial charge in [0.1, 0.15) is 12.3 Å². The molecule has 0 aliphatic rings. The first-order chi connectivity index (χ1) is 9.56. The monoisotopic (exact) mass is 281 g/mol. The Labute approximate surface area is 117 Å². The van der Waals surface area contributed by atoms with Gasteiger partial charge in [-0.15, -0.1) is 0 Å². The molecular formula is C14H19NO5. The van der Waals surface area contributed by atoms with E-state index in [1.54, 1.807) is 31.4 Å². The van der Waals surface area contributed by atoms with Crippen LogP contribution >= 0.6 is 0 Å². The van der Waals surface area contributed by atoms with E-state index in [1.807, 2.05) is 0 Å². The highest BCUT2D eigenvalue weighted by Gasteiger charge is 2.16. The molecule has 110 valence electrons. The topological polar surface area (TPSA) is 76.1 Å². The van der Waals surface area contributed by atoms with Gasteiger partial charge in [-0.1, -0.05) is 12.1 Å². The van der Waals surface area contributed by atoms with Crippen LogP contribution in [0.25, 0.3) is 0 Å². The van der Waals surface area contributed by atoms with Gasteiger partial charge in [-0.3, -0.25) is 9.59 Å². The minimum absolute atomic E-state index is 0.154. The number of ether oxygens (including phenoxy) is 2. The smallest absolute Gasteiger partial charge is 0.323 e. The van der Waals surface area contributed by atoms with E-state index in [-0.39, 0.29) is 25.4 Å². The number of hydrogen-bond donors (Lipinski definition) is 1. The molecule has 1 N–H and O–H groups in total. The van der Waals surface area contributed by atoms with Crippen molar-refractivity contribution in [1.29, 1.82) is 0 Å². The van der Waals surface area contributed by atoms with Crippen molar-refractivity contribution >= 4 is 11.9 Å². The number of carbonyl (C=O) groups is 2. The predicted octanol–water partition coefficient (Wildman–Crippen LogP) is 0.797. The molecule has 0 spiro atoms. The maximum absolute atomic E-state index is 12.1. The van der Waals surface area contributed by atoms with Crippen LogP contribution in [0.15, 0.2) is 24.3 Å². The SMILES string of the molecule is COCCN(CC(=O)O)C(=O)Cc1ccc(OC)cc1. The van der Waals surface area contributed by atoms with E-state index in [9.17, 15) is 9.59 Å². The highest BCUT2D eigenvalue weighted by Crippen LogP contribution is 2.12. The normalized spacial score (nSPS) is 10.1. The predicted molar refractivity (Wildman–Crippen MR) is 72.8 cm³/mol. The highest BCUT2D eigenvalue weighted by atomic mass is 16.5. The van der Waals surface area contributed by atoms with Crippen molar-refractivity contribution in [3.05, 3.63) is 29.8 Å². The van der Waals surface area contributed by atoms with E-state index in [4.69, 9.17) is 14.6 Å². The summed E-state index contributed by atoms with van der Waals surface area (Å²) in [5.41, 5.74) is 0.809. The van der Waals surface area contributed by atoms with Crippen LogP contribution in [0.1, 0.15) is 5.56 Å². The first-order valence-corrected chi connectivity index (χ1v) is 6.18. The van der Waals surface area contributed by atoms with Gasteiger partial charge in [-0.05, 0) is 17.7 Å². The minimum Gasteiger partial charge on any atom is -0.497 e. The van der Waals surface area contributed by atoms with Crippen LogP contribution in [0.4, 0.5) is 0 Å². The summed E-state index contributed by atoms with van der Waals surface area (Å²) in [6.07, 6.45) is 0.154. The molecule has 1 rings (SSSR count). The first-order valence-electron chi connectivity index (χ1n) is 6.18. The highest BCUT2D eigenvalue weighted by molar-refractivity contribution is 5.83. The van der Waals surface area contributed by atoms with Crippen LogP contribution in [0.5, 0.6) is 5.75 Å². The minimum atomic E-state index is -1.04. The number of methoxy groups -OCH3 is 2. The summed E-state index contributed by atoms with van der Waals surface area (Å²) >= 11 is 0. The Morgan fingerprint density at radius 1 is 1.20 bits per heavy atom. The fourth-order valence-corrected chi connectivity index (χ4v) is 1.69. The number of aliphatic carboxylic acids is 1. The van der Waals surface area contributed by atoms with Gasteiger partial charge >= 0.3 is 5.97 Å². The average molecular weight is 281 g/mol. The molecule has 0 saturated heterocycles. The van der Waals surface area contributed by atoms with Gasteiger partial charge in [0.2, 0.25) is 5.91 Å². The Morgan fingerprint density at radius 3 is 2.35 bits per heavy atom. The van der Waals surface area contributed by atoms with Crippen LogP contribution in [-0.2, 0) is 20.7 Å². The van der Waals surface area contributed by atoms with E-state index in [1.165, 1.54) is 12.0 Å². The van der Waals surface area contributed by atoms with Crippen LogP contribution in [0.3, 0.4) is 0 Å². The van der Waals surface area contributed by atoms with Gasteiger partial charge < -0.3 is 19.5 Å². The molecule has 6 nitrogen and oxygen atoms in total. The summed E-state index contributed by atoms with van der Waals surface area (Å²) in [6.45, 7) is 0.248. The van der Waals surface area contributed by atoms with Gasteiger partial charge in [0.15, 0.2) is 0 Å². The number of amides is 1.